The van der Waals surface area contributed by atoms with Crippen LogP contribution < -0.4 is 0 Å². The molecule has 0 saturated carbocycles. The Labute approximate surface area is 42.5 Å². The fourth-order valence-electron chi connectivity index (χ4n) is 0.158. The van der Waals surface area contributed by atoms with Gasteiger partial charge in [-0.2, -0.15) is 5.26 Å². The number of allylic oxidation sites excluding steroid dienone is 1. The van der Waals surface area contributed by atoms with E-state index < -0.39 is 0 Å². The van der Waals surface area contributed by atoms with E-state index in [1.807, 2.05) is 6.07 Å². The van der Waals surface area contributed by atoms with Crippen molar-refractivity contribution >= 4 is 0 Å². The van der Waals surface area contributed by atoms with E-state index >= 15 is 0 Å². The van der Waals surface area contributed by atoms with Gasteiger partial charge < -0.3 is 0 Å². The van der Waals surface area contributed by atoms with Crippen LogP contribution in [-0.4, -0.2) is 0 Å². The summed E-state index contributed by atoms with van der Waals surface area (Å²) in [6, 6.07) is 1.87. The molecule has 0 atom stereocenters. The van der Waals surface area contributed by atoms with E-state index in [9.17, 15) is 0 Å². The Morgan fingerprint density at radius 2 is 2.57 bits per heavy atom. The molecule has 2 nitrogen and oxygen atoms in total. The van der Waals surface area contributed by atoms with Crippen LogP contribution in [0.1, 0.15) is 6.42 Å². The number of hydrogen-bond donors (Lipinski definition) is 0. The van der Waals surface area contributed by atoms with Crippen LogP contribution in [0.25, 0.3) is 4.85 Å². The number of nitrogens with zero attached hydrogens (tertiary/aromatic N) is 2. The van der Waals surface area contributed by atoms with E-state index in [2.05, 4.69) is 4.85 Å². The number of hydrogen-bond acceptors (Lipinski definition) is 1. The fourth-order valence-corrected chi connectivity index (χ4v) is 0.158. The molecular formula is C5H4N2. The van der Waals surface area contributed by atoms with Gasteiger partial charge in [0.2, 0.25) is 0 Å². The van der Waals surface area contributed by atoms with Gasteiger partial charge in [-0.3, -0.25) is 0 Å². The van der Waals surface area contributed by atoms with Gasteiger partial charge in [-0.15, -0.1) is 0 Å². The number of nitriles is 1. The van der Waals surface area contributed by atoms with Gasteiger partial charge in [0.15, 0.2) is 6.20 Å². The Hall–Kier alpha value is -1.28. The van der Waals surface area contributed by atoms with Gasteiger partial charge in [-0.25, -0.2) is 4.85 Å². The number of rotatable bonds is 1. The molecule has 0 bridgehead atoms. The van der Waals surface area contributed by atoms with Crippen LogP contribution >= 0.6 is 0 Å². The normalized spacial score (nSPS) is 7.71. The van der Waals surface area contributed by atoms with Crippen molar-refractivity contribution < 1.29 is 0 Å². The molecule has 0 radical (unpaired) electrons. The van der Waals surface area contributed by atoms with Crippen molar-refractivity contribution in [3.8, 4) is 6.07 Å². The second-order valence-corrected chi connectivity index (χ2v) is 0.876. The van der Waals surface area contributed by atoms with Crippen molar-refractivity contribution in [1.29, 1.82) is 5.26 Å². The smallest absolute Gasteiger partial charge is 0.151 e. The summed E-state index contributed by atoms with van der Waals surface area (Å²) in [6.07, 6.45) is 3.14. The molecule has 0 aliphatic carbocycles. The fraction of sp³-hybridized carbons (Fsp3) is 0.200. The third-order valence-electron chi connectivity index (χ3n) is 0.389. The predicted octanol–water partition coefficient (Wildman–Crippen LogP) is 1.33. The van der Waals surface area contributed by atoms with Gasteiger partial charge in [0.25, 0.3) is 0 Å². The SMILES string of the molecule is [C-]#[N+]/C=C/CC#N. The monoisotopic (exact) mass is 92.0 g/mol. The van der Waals surface area contributed by atoms with Crippen molar-refractivity contribution in [2.24, 2.45) is 0 Å². The summed E-state index contributed by atoms with van der Waals surface area (Å²) < 4.78 is 0. The maximum absolute atomic E-state index is 7.89. The first kappa shape index (κ1) is 5.72. The maximum Gasteiger partial charge on any atom is 0.151 e. The molecule has 0 saturated heterocycles. The highest BCUT2D eigenvalue weighted by Crippen LogP contribution is 1.77. The van der Waals surface area contributed by atoms with Crippen molar-refractivity contribution in [2.45, 2.75) is 6.42 Å². The molecule has 0 aromatic heterocycles. The lowest BCUT2D eigenvalue weighted by Gasteiger charge is -1.62. The standard InChI is InChI=1S/C5H4N2/c1-7-5-3-2-4-6/h3,5H,2H2/b5-3+. The third-order valence-corrected chi connectivity index (χ3v) is 0.389. The first-order valence-corrected chi connectivity index (χ1v) is 1.80. The Morgan fingerprint density at radius 1 is 1.86 bits per heavy atom. The minimum atomic E-state index is 0.336. The lowest BCUT2D eigenvalue weighted by atomic mass is 10.5. The zero-order chi connectivity index (χ0) is 5.54. The average Bonchev–Trinajstić information content (AvgIpc) is 1.69. The second kappa shape index (κ2) is 4.72. The van der Waals surface area contributed by atoms with Crippen molar-refractivity contribution in [3.05, 3.63) is 23.7 Å². The summed E-state index contributed by atoms with van der Waals surface area (Å²) in [5, 5.41) is 7.89. The van der Waals surface area contributed by atoms with E-state index in [0.29, 0.717) is 6.42 Å². The molecule has 0 rings (SSSR count). The highest BCUT2D eigenvalue weighted by molar-refractivity contribution is 4.94. The molecule has 0 unspecified atom stereocenters. The zero-order valence-corrected chi connectivity index (χ0v) is 3.76. The molecule has 2 heteroatoms. The van der Waals surface area contributed by atoms with Crippen molar-refractivity contribution in [1.82, 2.24) is 0 Å². The topological polar surface area (TPSA) is 28.1 Å². The highest BCUT2D eigenvalue weighted by atomic mass is 14.6. The summed E-state index contributed by atoms with van der Waals surface area (Å²) in [5.41, 5.74) is 0. The molecule has 7 heavy (non-hydrogen) atoms. The predicted molar refractivity (Wildman–Crippen MR) is 26.0 cm³/mol. The van der Waals surface area contributed by atoms with Gasteiger partial charge in [-0.05, 0) is 0 Å². The van der Waals surface area contributed by atoms with Gasteiger partial charge in [-0.1, -0.05) is 6.08 Å². The molecule has 0 aromatic rings. The first-order valence-electron chi connectivity index (χ1n) is 1.80. The van der Waals surface area contributed by atoms with E-state index in [-0.39, 0.29) is 0 Å². The summed E-state index contributed by atoms with van der Waals surface area (Å²) in [4.78, 5) is 2.89. The first-order chi connectivity index (χ1) is 3.41. The Morgan fingerprint density at radius 3 is 3.00 bits per heavy atom. The molecule has 34 valence electrons. The van der Waals surface area contributed by atoms with Gasteiger partial charge >= 0.3 is 0 Å². The van der Waals surface area contributed by atoms with Crippen LogP contribution in [0.3, 0.4) is 0 Å². The molecule has 0 amide bonds. The van der Waals surface area contributed by atoms with Crippen LogP contribution in [0.5, 0.6) is 0 Å². The van der Waals surface area contributed by atoms with Crippen LogP contribution in [0.4, 0.5) is 0 Å². The molecule has 0 spiro atoms. The van der Waals surface area contributed by atoms with Gasteiger partial charge in [0.1, 0.15) is 0 Å². The maximum atomic E-state index is 7.89. The summed E-state index contributed by atoms with van der Waals surface area (Å²) in [7, 11) is 0. The molecule has 0 heterocycles. The average molecular weight is 92.1 g/mol. The van der Waals surface area contributed by atoms with Crippen LogP contribution in [0.2, 0.25) is 0 Å². The molecule has 0 aliphatic rings. The van der Waals surface area contributed by atoms with E-state index in [1.165, 1.54) is 12.3 Å². The second-order valence-electron chi connectivity index (χ2n) is 0.876. The Kier molecular flexibility index (Phi) is 3.86. The largest absolute Gasteiger partial charge is 0.246 e. The van der Waals surface area contributed by atoms with E-state index in [0.717, 1.165) is 0 Å². The van der Waals surface area contributed by atoms with E-state index in [1.54, 1.807) is 0 Å². The zero-order valence-electron chi connectivity index (χ0n) is 3.76. The lowest BCUT2D eigenvalue weighted by Crippen LogP contribution is -1.50. The minimum Gasteiger partial charge on any atom is -0.246 e. The Bertz CT molecular complexity index is 133. The lowest BCUT2D eigenvalue weighted by molar-refractivity contribution is 1.35. The van der Waals surface area contributed by atoms with Crippen LogP contribution in [0.15, 0.2) is 12.3 Å². The van der Waals surface area contributed by atoms with Gasteiger partial charge in [0.05, 0.1) is 12.6 Å². The molecule has 0 aromatic carbocycles. The quantitative estimate of drug-likeness (QED) is 0.448. The molecule has 0 aliphatic heterocycles. The van der Waals surface area contributed by atoms with Crippen molar-refractivity contribution in [3.63, 3.8) is 0 Å². The third kappa shape index (κ3) is 4.72. The molecular weight excluding hydrogens is 88.1 g/mol. The highest BCUT2D eigenvalue weighted by Gasteiger charge is 1.64. The summed E-state index contributed by atoms with van der Waals surface area (Å²) >= 11 is 0. The van der Waals surface area contributed by atoms with Crippen LogP contribution in [0, 0.1) is 17.9 Å². The summed E-state index contributed by atoms with van der Waals surface area (Å²) in [5.74, 6) is 0. The molecule has 0 N–H and O–H groups in total. The molecule has 0 fully saturated rings. The van der Waals surface area contributed by atoms with Crippen molar-refractivity contribution in [2.75, 3.05) is 0 Å². The van der Waals surface area contributed by atoms with E-state index in [4.69, 9.17) is 11.8 Å². The van der Waals surface area contributed by atoms with Gasteiger partial charge in [0, 0.05) is 6.42 Å². The van der Waals surface area contributed by atoms with Crippen LogP contribution in [-0.2, 0) is 0 Å². The summed E-state index contributed by atoms with van der Waals surface area (Å²) in [6.45, 7) is 6.21. The Balaban J connectivity index is 3.19. The minimum absolute atomic E-state index is 0.336.